The maximum absolute atomic E-state index is 14.3. The van der Waals surface area contributed by atoms with Crippen LogP contribution in [0.3, 0.4) is 0 Å². The number of aromatic amines is 1. The van der Waals surface area contributed by atoms with Crippen LogP contribution >= 0.6 is 18.2 Å². The van der Waals surface area contributed by atoms with E-state index >= 15 is 0 Å². The summed E-state index contributed by atoms with van der Waals surface area (Å²) in [5, 5.41) is 21.0. The number of aliphatic hydroxyl groups excluding tert-OH is 2. The molecule has 5 N–H and O–H groups in total. The minimum Gasteiger partial charge on any atom is -0.432 e. The fraction of sp³-hybridized carbons (Fsp3) is 0.583. The van der Waals surface area contributed by atoms with Gasteiger partial charge in [-0.15, -0.1) is 0 Å². The van der Waals surface area contributed by atoms with E-state index in [0.29, 0.717) is 22.5 Å². The van der Waals surface area contributed by atoms with Gasteiger partial charge in [-0.1, -0.05) is 0 Å². The van der Waals surface area contributed by atoms with E-state index in [9.17, 15) is 29.2 Å². The molecule has 252 valence electrons. The van der Waals surface area contributed by atoms with Crippen molar-refractivity contribution in [3.05, 3.63) is 45.8 Å². The molecule has 0 radical (unpaired) electrons. The number of aliphatic hydroxyl groups is 2. The normalized spacial score (nSPS) is 27.7. The number of rotatable bonds is 12. The van der Waals surface area contributed by atoms with E-state index in [1.807, 2.05) is 0 Å². The summed E-state index contributed by atoms with van der Waals surface area (Å²) in [6, 6.07) is 1.08. The second-order valence-electron chi connectivity index (χ2n) is 10.2. The Morgan fingerprint density at radius 2 is 2.00 bits per heavy atom. The van der Waals surface area contributed by atoms with Crippen molar-refractivity contribution in [2.24, 2.45) is 0 Å². The molecule has 20 nitrogen and oxygen atoms in total. The van der Waals surface area contributed by atoms with Crippen molar-refractivity contribution in [1.82, 2.24) is 29.1 Å². The topological polar surface area (TPSA) is 264 Å². The SMILES string of the molecule is CO[C@H]1C(O[P@@](=O)(O[C@H]2O[C@@H](n3cnc4c(N)ncnc43)CC2O)SCOC(=O)OC(C)C)[C@@H](CO)O[C@H]1n1ccc(=O)[nH]c1=O. The van der Waals surface area contributed by atoms with E-state index in [0.717, 1.165) is 16.8 Å². The van der Waals surface area contributed by atoms with Crippen molar-refractivity contribution < 1.29 is 52.3 Å². The Hall–Kier alpha value is -3.40. The molecule has 3 aromatic heterocycles. The average Bonchev–Trinajstić information content (AvgIpc) is 3.68. The first-order valence-corrected chi connectivity index (χ1v) is 16.9. The zero-order valence-corrected chi connectivity index (χ0v) is 26.3. The predicted molar refractivity (Wildman–Crippen MR) is 156 cm³/mol. The smallest absolute Gasteiger partial charge is 0.432 e. The van der Waals surface area contributed by atoms with Crippen molar-refractivity contribution in [3.8, 4) is 0 Å². The fourth-order valence-electron chi connectivity index (χ4n) is 4.79. The number of carbonyl (C=O) groups excluding carboxylic acids is 1. The Morgan fingerprint density at radius 3 is 2.70 bits per heavy atom. The second-order valence-corrected chi connectivity index (χ2v) is 14.2. The van der Waals surface area contributed by atoms with E-state index in [2.05, 4.69) is 19.9 Å². The molecule has 0 spiro atoms. The highest BCUT2D eigenvalue weighted by Gasteiger charge is 2.52. The van der Waals surface area contributed by atoms with Crippen LogP contribution < -0.4 is 17.0 Å². The van der Waals surface area contributed by atoms with Crippen LogP contribution in [0.2, 0.25) is 0 Å². The molecule has 8 atom stereocenters. The number of methoxy groups -OCH3 is 1. The minimum atomic E-state index is -4.53. The van der Waals surface area contributed by atoms with Crippen molar-refractivity contribution >= 4 is 41.3 Å². The molecule has 0 bridgehead atoms. The lowest BCUT2D eigenvalue weighted by Crippen LogP contribution is -2.40. The molecule has 2 fully saturated rings. The molecule has 0 amide bonds. The second kappa shape index (κ2) is 14.2. The Kier molecular flexibility index (Phi) is 10.4. The molecule has 2 saturated heterocycles. The van der Waals surface area contributed by atoms with Gasteiger partial charge in [0.2, 0.25) is 0 Å². The summed E-state index contributed by atoms with van der Waals surface area (Å²) in [4.78, 5) is 50.4. The number of fused-ring (bicyclic) bond motifs is 1. The number of hydrogen-bond acceptors (Lipinski definition) is 18. The van der Waals surface area contributed by atoms with Gasteiger partial charge in [-0.2, -0.15) is 0 Å². The number of H-pyrrole nitrogens is 1. The van der Waals surface area contributed by atoms with Crippen LogP contribution in [0, 0.1) is 0 Å². The van der Waals surface area contributed by atoms with Crippen molar-refractivity contribution in [2.45, 2.75) is 69.5 Å². The third kappa shape index (κ3) is 7.27. The van der Waals surface area contributed by atoms with Gasteiger partial charge in [-0.3, -0.25) is 28.0 Å². The first-order valence-electron chi connectivity index (χ1n) is 13.7. The molecule has 2 aliphatic heterocycles. The molecule has 22 heteroatoms. The zero-order valence-electron chi connectivity index (χ0n) is 24.6. The molecule has 2 aliphatic rings. The lowest BCUT2D eigenvalue weighted by Gasteiger charge is -2.28. The molecule has 0 saturated carbocycles. The number of nitrogens with two attached hydrogens (primary N) is 1. The van der Waals surface area contributed by atoms with E-state index in [1.54, 1.807) is 13.8 Å². The highest BCUT2D eigenvalue weighted by atomic mass is 32.7. The van der Waals surface area contributed by atoms with Crippen molar-refractivity contribution in [1.29, 1.82) is 0 Å². The molecule has 3 aromatic rings. The average molecular weight is 690 g/mol. The standard InChI is InChI=1S/C24H32N7O13PS/c1-11(2)40-24(36)39-10-46-45(37,43-17-13(7-32)41-21(18(17)38-3)30-5-4-14(34)29-23(30)35)44-22-12(33)6-15(42-22)31-9-28-16-19(25)26-8-27-20(16)31/h4-5,8-9,11-13,15,17-18,21-22,32-33H,6-7,10H2,1-3H3,(H2,25,26,27)(H,29,34,35)/t12?,13-,15-,17?,18+,21-,22-,45+/m1/s1. The summed E-state index contributed by atoms with van der Waals surface area (Å²) >= 11 is 0.417. The molecule has 5 rings (SSSR count). The van der Waals surface area contributed by atoms with Crippen molar-refractivity contribution in [2.75, 3.05) is 25.4 Å². The third-order valence-corrected chi connectivity index (χ3v) is 10.1. The molecule has 0 aliphatic carbocycles. The van der Waals surface area contributed by atoms with Gasteiger partial charge in [0.05, 0.1) is 19.0 Å². The van der Waals surface area contributed by atoms with Gasteiger partial charge < -0.3 is 39.6 Å². The van der Waals surface area contributed by atoms with Crippen LogP contribution in [-0.4, -0.2) is 102 Å². The monoisotopic (exact) mass is 689 g/mol. The van der Waals surface area contributed by atoms with Gasteiger partial charge in [0, 0.05) is 37.2 Å². The van der Waals surface area contributed by atoms with E-state index < -0.39 is 86.0 Å². The number of anilines is 1. The van der Waals surface area contributed by atoms with E-state index in [1.165, 1.54) is 24.3 Å². The van der Waals surface area contributed by atoms with Crippen LogP contribution in [0.4, 0.5) is 10.6 Å². The van der Waals surface area contributed by atoms with Gasteiger partial charge in [-0.25, -0.2) is 29.1 Å². The summed E-state index contributed by atoms with van der Waals surface area (Å²) in [5.74, 6) is -0.456. The Morgan fingerprint density at radius 1 is 1.22 bits per heavy atom. The molecule has 0 aromatic carbocycles. The Bertz CT molecular complexity index is 1700. The van der Waals surface area contributed by atoms with Gasteiger partial charge in [0.25, 0.3) is 5.56 Å². The summed E-state index contributed by atoms with van der Waals surface area (Å²) in [6.07, 6.45) is -6.59. The predicted octanol–water partition coefficient (Wildman–Crippen LogP) is 0.232. The quantitative estimate of drug-likeness (QED) is 0.113. The third-order valence-electron chi connectivity index (χ3n) is 6.81. The number of imidazole rings is 1. The minimum absolute atomic E-state index is 0.0500. The maximum Gasteiger partial charge on any atom is 0.509 e. The van der Waals surface area contributed by atoms with E-state index in [-0.39, 0.29) is 12.2 Å². The Balaban J connectivity index is 1.39. The highest BCUT2D eigenvalue weighted by molar-refractivity contribution is 8.55. The highest BCUT2D eigenvalue weighted by Crippen LogP contribution is 2.64. The van der Waals surface area contributed by atoms with Crippen LogP contribution in [0.15, 0.2) is 34.5 Å². The number of nitrogens with one attached hydrogen (secondary N) is 1. The summed E-state index contributed by atoms with van der Waals surface area (Å²) in [5.41, 5.74) is 5.00. The summed E-state index contributed by atoms with van der Waals surface area (Å²) in [7, 11) is 1.26. The Labute approximate surface area is 263 Å². The number of nitrogen functional groups attached to an aromatic ring is 1. The number of hydrogen-bond donors (Lipinski definition) is 4. The van der Waals surface area contributed by atoms with Gasteiger partial charge >= 0.3 is 18.6 Å². The lowest BCUT2D eigenvalue weighted by molar-refractivity contribution is -0.131. The molecular weight excluding hydrogens is 657 g/mol. The largest absolute Gasteiger partial charge is 0.509 e. The summed E-state index contributed by atoms with van der Waals surface area (Å²) in [6.45, 7) is -2.00. The number of aromatic nitrogens is 6. The molecule has 2 unspecified atom stereocenters. The van der Waals surface area contributed by atoms with Gasteiger partial charge in [-0.05, 0) is 13.8 Å². The molecule has 46 heavy (non-hydrogen) atoms. The van der Waals surface area contributed by atoms with E-state index in [4.69, 9.17) is 38.5 Å². The first-order chi connectivity index (χ1) is 21.9. The van der Waals surface area contributed by atoms with Crippen LogP contribution in [0.1, 0.15) is 32.7 Å². The van der Waals surface area contributed by atoms with Gasteiger partial charge in [0.1, 0.15) is 42.5 Å². The van der Waals surface area contributed by atoms with Crippen LogP contribution in [0.5, 0.6) is 0 Å². The lowest BCUT2D eigenvalue weighted by atomic mass is 10.1. The number of carbonyl (C=O) groups is 1. The first kappa shape index (κ1) is 33.9. The van der Waals surface area contributed by atoms with Crippen molar-refractivity contribution in [3.63, 3.8) is 0 Å². The molecule has 5 heterocycles. The number of ether oxygens (including phenoxy) is 5. The zero-order chi connectivity index (χ0) is 33.2. The van der Waals surface area contributed by atoms with Crippen LogP contribution in [-0.2, 0) is 37.3 Å². The fourth-order valence-corrected chi connectivity index (χ4v) is 7.70. The summed E-state index contributed by atoms with van der Waals surface area (Å²) < 4.78 is 55.7. The van der Waals surface area contributed by atoms with Gasteiger partial charge in [0.15, 0.2) is 29.9 Å². The maximum atomic E-state index is 14.3. The number of nitrogens with zero attached hydrogens (tertiary/aromatic N) is 5. The molecular formula is C24H32N7O13PS. The van der Waals surface area contributed by atoms with Crippen LogP contribution in [0.25, 0.3) is 11.2 Å².